The number of halogens is 1. The average molecular weight is 381 g/mol. The third-order valence-corrected chi connectivity index (χ3v) is 4.99. The molecule has 4 bridgehead atoms. The molecule has 3 rings (SSSR count). The van der Waals surface area contributed by atoms with Crippen molar-refractivity contribution < 1.29 is 4.39 Å². The van der Waals surface area contributed by atoms with Gasteiger partial charge in [-0.15, -0.1) is 0 Å². The zero-order valence-electron chi connectivity index (χ0n) is 16.8. The van der Waals surface area contributed by atoms with Crippen LogP contribution in [0.15, 0.2) is 72.3 Å². The highest BCUT2D eigenvalue weighted by molar-refractivity contribution is 6.09. The smallest absolute Gasteiger partial charge is 0.140 e. The largest absolute Gasteiger partial charge is 0.381 e. The Labute approximate surface area is 167 Å². The molecule has 0 amide bonds. The Bertz CT molecular complexity index is 848. The Morgan fingerprint density at radius 3 is 2.93 bits per heavy atom. The minimum absolute atomic E-state index is 0.175. The number of nitrogens with zero attached hydrogens (tertiary/aromatic N) is 2. The second-order valence-corrected chi connectivity index (χ2v) is 7.59. The molecule has 0 saturated carbocycles. The van der Waals surface area contributed by atoms with Gasteiger partial charge in [0.25, 0.3) is 0 Å². The van der Waals surface area contributed by atoms with Gasteiger partial charge in [0.05, 0.1) is 11.4 Å². The van der Waals surface area contributed by atoms with Gasteiger partial charge in [-0.2, -0.15) is 0 Å². The van der Waals surface area contributed by atoms with Crippen molar-refractivity contribution in [2.45, 2.75) is 25.4 Å². The van der Waals surface area contributed by atoms with Crippen LogP contribution in [0, 0.1) is 0 Å². The lowest BCUT2D eigenvalue weighted by molar-refractivity contribution is 0.184. The van der Waals surface area contributed by atoms with E-state index in [2.05, 4.69) is 48.1 Å². The number of aliphatic imine (C=N–C) groups is 1. The fourth-order valence-corrected chi connectivity index (χ4v) is 3.34. The summed E-state index contributed by atoms with van der Waals surface area (Å²) in [5.41, 5.74) is 3.22. The van der Waals surface area contributed by atoms with Gasteiger partial charge in [0.1, 0.15) is 11.5 Å². The monoisotopic (exact) mass is 380 g/mol. The van der Waals surface area contributed by atoms with Crippen molar-refractivity contribution in [2.75, 3.05) is 26.7 Å². The summed E-state index contributed by atoms with van der Waals surface area (Å²) in [6.45, 7) is 10.9. The van der Waals surface area contributed by atoms with Gasteiger partial charge < -0.3 is 15.5 Å². The van der Waals surface area contributed by atoms with Crippen LogP contribution in [0.1, 0.15) is 24.5 Å². The molecule has 2 aliphatic heterocycles. The second-order valence-electron chi connectivity index (χ2n) is 7.59. The molecule has 0 radical (unpaired) electrons. The third kappa shape index (κ3) is 4.78. The van der Waals surface area contributed by atoms with E-state index in [1.165, 1.54) is 5.56 Å². The first-order valence-corrected chi connectivity index (χ1v) is 9.68. The Hall–Kier alpha value is -2.66. The zero-order chi connectivity index (χ0) is 20.1. The van der Waals surface area contributed by atoms with Crippen molar-refractivity contribution in [1.29, 1.82) is 0 Å². The SMILES string of the molecule is C=C/C1=C2/N=C(C=CN2C)C(=C)NCC(C)(F)CNCCCc2cccc1c2. The van der Waals surface area contributed by atoms with Gasteiger partial charge in [-0.1, -0.05) is 43.5 Å². The normalized spacial score (nSPS) is 26.5. The number of aryl methyl sites for hydroxylation is 1. The van der Waals surface area contributed by atoms with Crippen LogP contribution in [0.25, 0.3) is 5.57 Å². The zero-order valence-corrected chi connectivity index (χ0v) is 16.8. The van der Waals surface area contributed by atoms with Gasteiger partial charge in [-0.3, -0.25) is 0 Å². The van der Waals surface area contributed by atoms with Crippen molar-refractivity contribution >= 4 is 11.3 Å². The summed E-state index contributed by atoms with van der Waals surface area (Å²) in [7, 11) is 1.96. The van der Waals surface area contributed by atoms with Crippen molar-refractivity contribution in [1.82, 2.24) is 15.5 Å². The van der Waals surface area contributed by atoms with Crippen LogP contribution < -0.4 is 10.6 Å². The minimum atomic E-state index is -1.37. The Balaban J connectivity index is 2.04. The fourth-order valence-electron chi connectivity index (χ4n) is 3.34. The van der Waals surface area contributed by atoms with Gasteiger partial charge in [-0.05, 0) is 43.5 Å². The first-order valence-electron chi connectivity index (χ1n) is 9.68. The van der Waals surface area contributed by atoms with Crippen LogP contribution in [-0.2, 0) is 6.42 Å². The quantitative estimate of drug-likeness (QED) is 0.778. The molecular weight excluding hydrogens is 351 g/mol. The highest BCUT2D eigenvalue weighted by atomic mass is 19.1. The summed E-state index contributed by atoms with van der Waals surface area (Å²) in [5.74, 6) is 0.796. The van der Waals surface area contributed by atoms with E-state index in [0.717, 1.165) is 36.3 Å². The number of nitrogens with one attached hydrogen (secondary N) is 2. The molecule has 1 aromatic rings. The van der Waals surface area contributed by atoms with E-state index >= 15 is 0 Å². The summed E-state index contributed by atoms with van der Waals surface area (Å²) in [6, 6.07) is 8.46. The van der Waals surface area contributed by atoms with Gasteiger partial charge >= 0.3 is 0 Å². The van der Waals surface area contributed by atoms with Crippen LogP contribution in [0.5, 0.6) is 0 Å². The van der Waals surface area contributed by atoms with E-state index in [4.69, 9.17) is 4.99 Å². The van der Waals surface area contributed by atoms with Gasteiger partial charge in [0, 0.05) is 31.9 Å². The van der Waals surface area contributed by atoms with E-state index in [0.29, 0.717) is 18.0 Å². The lowest BCUT2D eigenvalue weighted by atomic mass is 10.00. The van der Waals surface area contributed by atoms with Crippen LogP contribution in [0.3, 0.4) is 0 Å². The standard InChI is InChI=1S/C23H29FN4/c1-5-20-19-10-6-8-18(14-19)9-7-12-25-15-23(3,24)16-26-17(2)21-11-13-28(4)22(20)27-21/h5-6,8,10-11,13-14,25-26H,1-2,7,9,12,15-16H2,3-4H3/b22-20+. The van der Waals surface area contributed by atoms with E-state index in [9.17, 15) is 4.39 Å². The molecular formula is C23H29FN4. The van der Waals surface area contributed by atoms with Crippen molar-refractivity contribution in [2.24, 2.45) is 4.99 Å². The van der Waals surface area contributed by atoms with E-state index in [1.54, 1.807) is 6.92 Å². The van der Waals surface area contributed by atoms with Crippen LogP contribution in [0.4, 0.5) is 4.39 Å². The fraction of sp³-hybridized carbons (Fsp3) is 0.348. The number of allylic oxidation sites excluding steroid dienone is 3. The summed E-state index contributed by atoms with van der Waals surface area (Å²) < 4.78 is 14.8. The number of fused-ring (bicyclic) bond motifs is 3. The predicted octanol–water partition coefficient (Wildman–Crippen LogP) is 3.81. The molecule has 5 heteroatoms. The first-order chi connectivity index (χ1) is 13.4. The molecule has 0 aliphatic carbocycles. The maximum absolute atomic E-state index is 14.8. The summed E-state index contributed by atoms with van der Waals surface area (Å²) in [6.07, 6.45) is 7.54. The first kappa shape index (κ1) is 20.1. The van der Waals surface area contributed by atoms with Crippen LogP contribution >= 0.6 is 0 Å². The molecule has 4 nitrogen and oxygen atoms in total. The molecule has 0 fully saturated rings. The molecule has 28 heavy (non-hydrogen) atoms. The highest BCUT2D eigenvalue weighted by Gasteiger charge is 2.24. The maximum Gasteiger partial charge on any atom is 0.140 e. The van der Waals surface area contributed by atoms with Crippen LogP contribution in [-0.4, -0.2) is 43.0 Å². The van der Waals surface area contributed by atoms with Gasteiger partial charge in [0.2, 0.25) is 0 Å². The lowest BCUT2D eigenvalue weighted by Gasteiger charge is -2.26. The molecule has 2 N–H and O–H groups in total. The van der Waals surface area contributed by atoms with E-state index < -0.39 is 5.67 Å². The Morgan fingerprint density at radius 1 is 1.32 bits per heavy atom. The molecule has 1 unspecified atom stereocenters. The number of hydrogen-bond acceptors (Lipinski definition) is 4. The molecule has 0 aromatic heterocycles. The molecule has 1 atom stereocenters. The van der Waals surface area contributed by atoms with Crippen molar-refractivity contribution in [3.63, 3.8) is 0 Å². The maximum atomic E-state index is 14.8. The van der Waals surface area contributed by atoms with E-state index in [-0.39, 0.29) is 6.54 Å². The molecule has 2 aliphatic rings. The summed E-state index contributed by atoms with van der Waals surface area (Å²) in [4.78, 5) is 6.76. The summed E-state index contributed by atoms with van der Waals surface area (Å²) >= 11 is 0. The number of hydrogen-bond donors (Lipinski definition) is 2. The molecule has 2 heterocycles. The minimum Gasteiger partial charge on any atom is -0.381 e. The van der Waals surface area contributed by atoms with Crippen molar-refractivity contribution in [3.8, 4) is 0 Å². The second kappa shape index (κ2) is 8.57. The number of alkyl halides is 1. The topological polar surface area (TPSA) is 39.7 Å². The third-order valence-electron chi connectivity index (χ3n) is 4.99. The lowest BCUT2D eigenvalue weighted by Crippen LogP contribution is -2.43. The molecule has 0 spiro atoms. The predicted molar refractivity (Wildman–Crippen MR) is 116 cm³/mol. The summed E-state index contributed by atoms with van der Waals surface area (Å²) in [5, 5.41) is 6.33. The Morgan fingerprint density at radius 2 is 2.14 bits per heavy atom. The number of rotatable bonds is 1. The van der Waals surface area contributed by atoms with E-state index in [1.807, 2.05) is 30.3 Å². The molecule has 0 saturated heterocycles. The average Bonchev–Trinajstić information content (AvgIpc) is 2.67. The Kier molecular flexibility index (Phi) is 6.15. The highest BCUT2D eigenvalue weighted by Crippen LogP contribution is 2.27. The van der Waals surface area contributed by atoms with Gasteiger partial charge in [0.15, 0.2) is 0 Å². The molecule has 1 aromatic carbocycles. The molecule has 148 valence electrons. The van der Waals surface area contributed by atoms with Crippen molar-refractivity contribution in [3.05, 3.63) is 78.4 Å². The van der Waals surface area contributed by atoms with Crippen LogP contribution in [0.2, 0.25) is 0 Å². The van der Waals surface area contributed by atoms with Gasteiger partial charge in [-0.25, -0.2) is 9.38 Å². The number of benzene rings is 1.